The molecule has 1 aromatic heterocycles. The van der Waals surface area contributed by atoms with Crippen LogP contribution in [0, 0.1) is 0 Å². The summed E-state index contributed by atoms with van der Waals surface area (Å²) in [5.41, 5.74) is 2.19. The zero-order chi connectivity index (χ0) is 19.3. The van der Waals surface area contributed by atoms with Gasteiger partial charge in [-0.25, -0.2) is 14.8 Å². The van der Waals surface area contributed by atoms with E-state index in [1.165, 1.54) is 11.8 Å². The highest BCUT2D eigenvalue weighted by atomic mass is 32.2. The van der Waals surface area contributed by atoms with Crippen LogP contribution in [0.15, 0.2) is 35.5 Å². The Hall–Kier alpha value is -2.08. The maximum Gasteiger partial charge on any atom is 0.335 e. The van der Waals surface area contributed by atoms with Crippen molar-refractivity contribution < 1.29 is 9.90 Å². The molecule has 0 bridgehead atoms. The molecule has 0 aliphatic heterocycles. The Kier molecular flexibility index (Phi) is 6.64. The van der Waals surface area contributed by atoms with E-state index >= 15 is 0 Å². The summed E-state index contributed by atoms with van der Waals surface area (Å²) in [7, 11) is 2.04. The average molecular weight is 374 g/mol. The van der Waals surface area contributed by atoms with Gasteiger partial charge in [-0.2, -0.15) is 0 Å². The fourth-order valence-corrected chi connectivity index (χ4v) is 3.25. The Labute approximate surface area is 159 Å². The van der Waals surface area contributed by atoms with Gasteiger partial charge in [0.05, 0.1) is 11.3 Å². The molecule has 0 saturated carbocycles. The number of nitrogens with zero attached hydrogens (tertiary/aromatic N) is 3. The normalized spacial score (nSPS) is 11.4. The first-order chi connectivity index (χ1) is 12.2. The van der Waals surface area contributed by atoms with E-state index in [-0.39, 0.29) is 5.41 Å². The van der Waals surface area contributed by atoms with Crippen LogP contribution in [-0.2, 0) is 11.2 Å². The molecule has 0 atom stereocenters. The third kappa shape index (κ3) is 5.46. The number of hydrogen-bond acceptors (Lipinski definition) is 5. The Balaban J connectivity index is 2.26. The summed E-state index contributed by atoms with van der Waals surface area (Å²) in [6.45, 7) is 9.51. The third-order valence-electron chi connectivity index (χ3n) is 3.95. The van der Waals surface area contributed by atoms with E-state index in [0.29, 0.717) is 11.3 Å². The van der Waals surface area contributed by atoms with Crippen molar-refractivity contribution in [2.45, 2.75) is 50.4 Å². The second-order valence-corrected chi connectivity index (χ2v) is 8.30. The maximum absolute atomic E-state index is 11.1. The van der Waals surface area contributed by atoms with Gasteiger partial charge in [-0.1, -0.05) is 51.6 Å². The summed E-state index contributed by atoms with van der Waals surface area (Å²) >= 11 is 1.53. The fourth-order valence-electron chi connectivity index (χ4n) is 2.45. The molecule has 1 heterocycles. The number of aromatic nitrogens is 2. The lowest BCUT2D eigenvalue weighted by Gasteiger charge is -2.23. The van der Waals surface area contributed by atoms with Gasteiger partial charge in [-0.15, -0.1) is 0 Å². The van der Waals surface area contributed by atoms with Crippen LogP contribution in [0.3, 0.4) is 0 Å². The lowest BCUT2D eigenvalue weighted by Crippen LogP contribution is -2.22. The molecule has 0 aliphatic rings. The standard InChI is InChI=1S/C20H27N3O2S/c1-6-10-23(5)17-12-16(20(2,3)4)21-19(22-17)26-13-14-8-7-9-15(11-14)18(24)25/h7-9,11-12H,6,10,13H2,1-5H3,(H,24,25). The van der Waals surface area contributed by atoms with Gasteiger partial charge in [0.25, 0.3) is 0 Å². The van der Waals surface area contributed by atoms with E-state index in [9.17, 15) is 4.79 Å². The molecule has 1 N–H and O–H groups in total. The van der Waals surface area contributed by atoms with Gasteiger partial charge in [-0.05, 0) is 24.1 Å². The molecule has 0 saturated heterocycles. The Morgan fingerprint density at radius 2 is 1.96 bits per heavy atom. The molecule has 6 heteroatoms. The van der Waals surface area contributed by atoms with Crippen LogP contribution in [0.5, 0.6) is 0 Å². The van der Waals surface area contributed by atoms with Crippen LogP contribution in [0.25, 0.3) is 0 Å². The topological polar surface area (TPSA) is 66.3 Å². The summed E-state index contributed by atoms with van der Waals surface area (Å²) in [6, 6.07) is 9.06. The highest BCUT2D eigenvalue weighted by molar-refractivity contribution is 7.98. The molecular weight excluding hydrogens is 346 g/mol. The van der Waals surface area contributed by atoms with Crippen LogP contribution in [-0.4, -0.2) is 34.6 Å². The minimum Gasteiger partial charge on any atom is -0.478 e. The quantitative estimate of drug-likeness (QED) is 0.565. The van der Waals surface area contributed by atoms with Crippen molar-refractivity contribution in [3.05, 3.63) is 47.2 Å². The van der Waals surface area contributed by atoms with Crippen molar-refractivity contribution in [2.24, 2.45) is 0 Å². The van der Waals surface area contributed by atoms with Gasteiger partial charge in [0, 0.05) is 30.8 Å². The summed E-state index contributed by atoms with van der Waals surface area (Å²) in [5.74, 6) is 0.644. The molecule has 1 aromatic carbocycles. The first-order valence-electron chi connectivity index (χ1n) is 8.76. The SMILES string of the molecule is CCCN(C)c1cc(C(C)(C)C)nc(SCc2cccc(C(=O)O)c2)n1. The van der Waals surface area contributed by atoms with Crippen LogP contribution >= 0.6 is 11.8 Å². The first-order valence-corrected chi connectivity index (χ1v) is 9.75. The Morgan fingerprint density at radius 3 is 2.58 bits per heavy atom. The van der Waals surface area contributed by atoms with Crippen molar-refractivity contribution in [3.8, 4) is 0 Å². The maximum atomic E-state index is 11.1. The van der Waals surface area contributed by atoms with E-state index in [1.54, 1.807) is 18.2 Å². The largest absolute Gasteiger partial charge is 0.478 e. The van der Waals surface area contributed by atoms with E-state index in [1.807, 2.05) is 13.1 Å². The summed E-state index contributed by atoms with van der Waals surface area (Å²) in [6.07, 6.45) is 1.05. The van der Waals surface area contributed by atoms with Gasteiger partial charge in [0.1, 0.15) is 5.82 Å². The van der Waals surface area contributed by atoms with Crippen molar-refractivity contribution >= 4 is 23.5 Å². The van der Waals surface area contributed by atoms with Gasteiger partial charge in [-0.3, -0.25) is 0 Å². The minimum atomic E-state index is -0.911. The minimum absolute atomic E-state index is 0.0662. The van der Waals surface area contributed by atoms with Gasteiger partial charge >= 0.3 is 5.97 Å². The van der Waals surface area contributed by atoms with E-state index < -0.39 is 5.97 Å². The van der Waals surface area contributed by atoms with E-state index in [4.69, 9.17) is 15.1 Å². The number of aromatic carboxylic acids is 1. The van der Waals surface area contributed by atoms with Crippen LogP contribution in [0.2, 0.25) is 0 Å². The molecule has 0 radical (unpaired) electrons. The number of anilines is 1. The number of carboxylic acid groups (broad SMARTS) is 1. The van der Waals surface area contributed by atoms with Crippen LogP contribution < -0.4 is 4.90 Å². The summed E-state index contributed by atoms with van der Waals surface area (Å²) < 4.78 is 0. The molecule has 0 fully saturated rings. The molecule has 140 valence electrons. The number of benzene rings is 1. The van der Waals surface area contributed by atoms with E-state index in [2.05, 4.69) is 38.7 Å². The predicted octanol–water partition coefficient (Wildman–Crippen LogP) is 4.61. The van der Waals surface area contributed by atoms with Crippen molar-refractivity contribution in [1.82, 2.24) is 9.97 Å². The Morgan fingerprint density at radius 1 is 1.23 bits per heavy atom. The number of rotatable bonds is 7. The monoisotopic (exact) mass is 373 g/mol. The molecule has 5 nitrogen and oxygen atoms in total. The predicted molar refractivity (Wildman–Crippen MR) is 107 cm³/mol. The lowest BCUT2D eigenvalue weighted by molar-refractivity contribution is 0.0697. The van der Waals surface area contributed by atoms with Gasteiger partial charge in [0.2, 0.25) is 0 Å². The second-order valence-electron chi connectivity index (χ2n) is 7.36. The number of carbonyl (C=O) groups is 1. The second kappa shape index (κ2) is 8.54. The van der Waals surface area contributed by atoms with Gasteiger partial charge in [0.15, 0.2) is 5.16 Å². The van der Waals surface area contributed by atoms with Crippen molar-refractivity contribution in [1.29, 1.82) is 0 Å². The number of hydrogen-bond donors (Lipinski definition) is 1. The summed E-state index contributed by atoms with van der Waals surface area (Å²) in [4.78, 5) is 22.7. The van der Waals surface area contributed by atoms with E-state index in [0.717, 1.165) is 35.2 Å². The van der Waals surface area contributed by atoms with Crippen molar-refractivity contribution in [2.75, 3.05) is 18.5 Å². The molecular formula is C20H27N3O2S. The lowest BCUT2D eigenvalue weighted by atomic mass is 9.92. The smallest absolute Gasteiger partial charge is 0.335 e. The zero-order valence-corrected chi connectivity index (χ0v) is 16.9. The first kappa shape index (κ1) is 20.2. The third-order valence-corrected chi connectivity index (χ3v) is 4.87. The Bertz CT molecular complexity index is 772. The van der Waals surface area contributed by atoms with Crippen LogP contribution in [0.4, 0.5) is 5.82 Å². The highest BCUT2D eigenvalue weighted by Crippen LogP contribution is 2.28. The molecule has 0 unspecified atom stereocenters. The molecule has 26 heavy (non-hydrogen) atoms. The van der Waals surface area contributed by atoms with Crippen molar-refractivity contribution in [3.63, 3.8) is 0 Å². The average Bonchev–Trinajstić information content (AvgIpc) is 2.59. The molecule has 2 rings (SSSR count). The fraction of sp³-hybridized carbons (Fsp3) is 0.450. The number of thioether (sulfide) groups is 1. The highest BCUT2D eigenvalue weighted by Gasteiger charge is 2.19. The zero-order valence-electron chi connectivity index (χ0n) is 16.1. The molecule has 0 amide bonds. The summed E-state index contributed by atoms with van der Waals surface area (Å²) in [5, 5.41) is 9.85. The molecule has 0 spiro atoms. The van der Waals surface area contributed by atoms with Crippen LogP contribution in [0.1, 0.15) is 55.7 Å². The molecule has 2 aromatic rings. The molecule has 0 aliphatic carbocycles. The number of carboxylic acids is 1. The van der Waals surface area contributed by atoms with Gasteiger partial charge < -0.3 is 10.0 Å².